The van der Waals surface area contributed by atoms with Crippen molar-refractivity contribution in [3.63, 3.8) is 0 Å². The maximum absolute atomic E-state index is 12.1. The first-order chi connectivity index (χ1) is 12.2. The number of fused-ring (bicyclic) bond motifs is 1. The Bertz CT molecular complexity index is 850. The second-order valence-corrected chi connectivity index (χ2v) is 6.22. The first-order valence-electron chi connectivity index (χ1n) is 8.62. The Hall–Kier alpha value is -2.75. The summed E-state index contributed by atoms with van der Waals surface area (Å²) >= 11 is 0. The van der Waals surface area contributed by atoms with Gasteiger partial charge in [-0.2, -0.15) is 0 Å². The van der Waals surface area contributed by atoms with Crippen LogP contribution in [0.25, 0.3) is 10.9 Å². The molecule has 0 saturated heterocycles. The summed E-state index contributed by atoms with van der Waals surface area (Å²) in [5.41, 5.74) is 3.50. The van der Waals surface area contributed by atoms with Gasteiger partial charge in [0.05, 0.1) is 13.5 Å². The van der Waals surface area contributed by atoms with Crippen molar-refractivity contribution in [3.8, 4) is 5.75 Å². The van der Waals surface area contributed by atoms with E-state index in [-0.39, 0.29) is 5.91 Å². The Morgan fingerprint density at radius 1 is 1.12 bits per heavy atom. The number of para-hydroxylation sites is 1. The molecule has 0 aliphatic rings. The average Bonchev–Trinajstić information content (AvgIpc) is 2.95. The van der Waals surface area contributed by atoms with E-state index >= 15 is 0 Å². The molecule has 3 rings (SSSR count). The lowest BCUT2D eigenvalue weighted by atomic mass is 10.1. The van der Waals surface area contributed by atoms with Crippen molar-refractivity contribution in [2.24, 2.45) is 0 Å². The summed E-state index contributed by atoms with van der Waals surface area (Å²) in [5.74, 6) is 0.859. The Morgan fingerprint density at radius 2 is 1.88 bits per heavy atom. The van der Waals surface area contributed by atoms with E-state index in [1.807, 2.05) is 24.3 Å². The van der Waals surface area contributed by atoms with Crippen LogP contribution in [0.4, 0.5) is 0 Å². The number of carbonyl (C=O) groups excluding carboxylic acids is 1. The Balaban J connectivity index is 1.47. The van der Waals surface area contributed by atoms with Gasteiger partial charge in [-0.3, -0.25) is 4.79 Å². The van der Waals surface area contributed by atoms with E-state index in [1.165, 1.54) is 16.6 Å². The molecule has 3 aromatic rings. The molecule has 25 heavy (non-hydrogen) atoms. The van der Waals surface area contributed by atoms with Crippen LogP contribution in [0.1, 0.15) is 17.7 Å². The zero-order valence-corrected chi connectivity index (χ0v) is 14.8. The SMILES string of the molecule is COc1ccc(CC(=O)NCCCn2c(C)cc3ccccc32)cc1. The van der Waals surface area contributed by atoms with Crippen molar-refractivity contribution in [1.82, 2.24) is 9.88 Å². The molecule has 0 radical (unpaired) electrons. The number of nitrogens with one attached hydrogen (secondary N) is 1. The number of hydrogen-bond donors (Lipinski definition) is 1. The molecule has 0 aliphatic carbocycles. The van der Waals surface area contributed by atoms with Crippen molar-refractivity contribution in [2.75, 3.05) is 13.7 Å². The molecule has 4 nitrogen and oxygen atoms in total. The van der Waals surface area contributed by atoms with E-state index in [2.05, 4.69) is 47.1 Å². The van der Waals surface area contributed by atoms with Gasteiger partial charge >= 0.3 is 0 Å². The topological polar surface area (TPSA) is 43.3 Å². The van der Waals surface area contributed by atoms with E-state index in [4.69, 9.17) is 4.74 Å². The molecular formula is C21H24N2O2. The summed E-state index contributed by atoms with van der Waals surface area (Å²) in [6.07, 6.45) is 1.31. The quantitative estimate of drug-likeness (QED) is 0.669. The minimum absolute atomic E-state index is 0.0549. The molecule has 1 heterocycles. The maximum atomic E-state index is 12.1. The molecule has 0 aliphatic heterocycles. The average molecular weight is 336 g/mol. The summed E-state index contributed by atoms with van der Waals surface area (Å²) in [4.78, 5) is 12.1. The third-order valence-corrected chi connectivity index (χ3v) is 4.42. The van der Waals surface area contributed by atoms with Crippen LogP contribution in [0, 0.1) is 6.92 Å². The lowest BCUT2D eigenvalue weighted by Gasteiger charge is -2.09. The van der Waals surface area contributed by atoms with Gasteiger partial charge in [0, 0.05) is 24.3 Å². The van der Waals surface area contributed by atoms with Crippen molar-refractivity contribution < 1.29 is 9.53 Å². The largest absolute Gasteiger partial charge is 0.497 e. The maximum Gasteiger partial charge on any atom is 0.224 e. The van der Waals surface area contributed by atoms with Crippen molar-refractivity contribution >= 4 is 16.8 Å². The van der Waals surface area contributed by atoms with E-state index in [1.54, 1.807) is 7.11 Å². The molecule has 1 amide bonds. The molecule has 1 aromatic heterocycles. The molecule has 130 valence electrons. The second kappa shape index (κ2) is 7.88. The van der Waals surface area contributed by atoms with Crippen LogP contribution in [0.5, 0.6) is 5.75 Å². The van der Waals surface area contributed by atoms with Crippen LogP contribution in [0.2, 0.25) is 0 Å². The predicted molar refractivity (Wildman–Crippen MR) is 101 cm³/mol. The summed E-state index contributed by atoms with van der Waals surface area (Å²) in [6, 6.07) is 18.2. The number of methoxy groups -OCH3 is 1. The second-order valence-electron chi connectivity index (χ2n) is 6.22. The third-order valence-electron chi connectivity index (χ3n) is 4.42. The number of benzene rings is 2. The minimum atomic E-state index is 0.0549. The molecule has 0 unspecified atom stereocenters. The number of nitrogens with zero attached hydrogens (tertiary/aromatic N) is 1. The Labute approximate surface area is 148 Å². The van der Waals surface area contributed by atoms with Crippen LogP contribution in [-0.4, -0.2) is 24.1 Å². The van der Waals surface area contributed by atoms with Gasteiger partial charge in [-0.1, -0.05) is 30.3 Å². The highest BCUT2D eigenvalue weighted by atomic mass is 16.5. The molecule has 1 N–H and O–H groups in total. The van der Waals surface area contributed by atoms with Gasteiger partial charge in [-0.15, -0.1) is 0 Å². The standard InChI is InChI=1S/C21H24N2O2/c1-16-14-18-6-3-4-7-20(18)23(16)13-5-12-22-21(24)15-17-8-10-19(25-2)11-9-17/h3-4,6-11,14H,5,12-13,15H2,1-2H3,(H,22,24). The fourth-order valence-electron chi connectivity index (χ4n) is 3.10. The lowest BCUT2D eigenvalue weighted by Crippen LogP contribution is -2.26. The Morgan fingerprint density at radius 3 is 2.64 bits per heavy atom. The molecule has 0 spiro atoms. The van der Waals surface area contributed by atoms with Crippen LogP contribution < -0.4 is 10.1 Å². The first kappa shape index (κ1) is 17.1. The highest BCUT2D eigenvalue weighted by molar-refractivity contribution is 5.81. The first-order valence-corrected chi connectivity index (χ1v) is 8.62. The van der Waals surface area contributed by atoms with Gasteiger partial charge in [0.1, 0.15) is 5.75 Å². The molecule has 0 fully saturated rings. The third kappa shape index (κ3) is 4.21. The van der Waals surface area contributed by atoms with Gasteiger partial charge in [0.25, 0.3) is 0 Å². The zero-order valence-electron chi connectivity index (χ0n) is 14.8. The highest BCUT2D eigenvalue weighted by Crippen LogP contribution is 2.19. The zero-order chi connectivity index (χ0) is 17.6. The normalized spacial score (nSPS) is 10.8. The molecule has 0 atom stereocenters. The van der Waals surface area contributed by atoms with Crippen molar-refractivity contribution in [2.45, 2.75) is 26.3 Å². The summed E-state index contributed by atoms with van der Waals surface area (Å²) in [7, 11) is 1.64. The van der Waals surface area contributed by atoms with E-state index < -0.39 is 0 Å². The van der Waals surface area contributed by atoms with E-state index in [9.17, 15) is 4.79 Å². The van der Waals surface area contributed by atoms with Crippen molar-refractivity contribution in [1.29, 1.82) is 0 Å². The monoisotopic (exact) mass is 336 g/mol. The number of carbonyl (C=O) groups is 1. The van der Waals surface area contributed by atoms with Gasteiger partial charge < -0.3 is 14.6 Å². The molecule has 0 saturated carbocycles. The lowest BCUT2D eigenvalue weighted by molar-refractivity contribution is -0.120. The van der Waals surface area contributed by atoms with E-state index in [0.29, 0.717) is 13.0 Å². The van der Waals surface area contributed by atoms with Crippen molar-refractivity contribution in [3.05, 3.63) is 65.9 Å². The highest BCUT2D eigenvalue weighted by Gasteiger charge is 2.06. The van der Waals surface area contributed by atoms with Gasteiger partial charge in [0.2, 0.25) is 5.91 Å². The number of aromatic nitrogens is 1. The van der Waals surface area contributed by atoms with Crippen LogP contribution in [0.3, 0.4) is 0 Å². The van der Waals surface area contributed by atoms with Gasteiger partial charge in [0.15, 0.2) is 0 Å². The van der Waals surface area contributed by atoms with Crippen LogP contribution >= 0.6 is 0 Å². The number of ether oxygens (including phenoxy) is 1. The smallest absolute Gasteiger partial charge is 0.224 e. The predicted octanol–water partition coefficient (Wildman–Crippen LogP) is 3.71. The number of hydrogen-bond acceptors (Lipinski definition) is 2. The minimum Gasteiger partial charge on any atom is -0.497 e. The van der Waals surface area contributed by atoms with Crippen LogP contribution in [-0.2, 0) is 17.8 Å². The molecule has 2 aromatic carbocycles. The molecule has 4 heteroatoms. The number of rotatable bonds is 7. The molecular weight excluding hydrogens is 312 g/mol. The summed E-state index contributed by atoms with van der Waals surface area (Å²) < 4.78 is 7.44. The summed E-state index contributed by atoms with van der Waals surface area (Å²) in [5, 5.41) is 4.27. The number of aryl methyl sites for hydroxylation is 2. The summed E-state index contributed by atoms with van der Waals surface area (Å²) in [6.45, 7) is 3.71. The fourth-order valence-corrected chi connectivity index (χ4v) is 3.10. The van der Waals surface area contributed by atoms with Gasteiger partial charge in [-0.05, 0) is 48.6 Å². The van der Waals surface area contributed by atoms with Gasteiger partial charge in [-0.25, -0.2) is 0 Å². The Kier molecular flexibility index (Phi) is 5.39. The fraction of sp³-hybridized carbons (Fsp3) is 0.286. The number of amides is 1. The van der Waals surface area contributed by atoms with Crippen LogP contribution in [0.15, 0.2) is 54.6 Å². The van der Waals surface area contributed by atoms with E-state index in [0.717, 1.165) is 24.3 Å². The molecule has 0 bridgehead atoms.